The minimum atomic E-state index is -4.15. The number of aryl methyl sites for hydroxylation is 1. The molecule has 3 aliphatic carbocycles. The number of halogens is 2. The molecule has 5 aliphatic rings. The molecule has 4 amide bonds. The molecule has 3 heterocycles. The molecular formula is C41H56F2N6O9S. The van der Waals surface area contributed by atoms with Crippen LogP contribution < -0.4 is 24.8 Å². The number of ether oxygens (including phenoxy) is 3. The van der Waals surface area contributed by atoms with E-state index in [2.05, 4.69) is 17.6 Å². The lowest BCUT2D eigenvalue weighted by molar-refractivity contribution is -0.143. The summed E-state index contributed by atoms with van der Waals surface area (Å²) in [5.74, 6) is -4.10. The smallest absolute Gasteiger partial charge is 0.408 e. The maximum atomic E-state index is 14.9. The largest absolute Gasteiger partial charge is 0.497 e. The van der Waals surface area contributed by atoms with Crippen molar-refractivity contribution in [2.45, 2.75) is 140 Å². The lowest BCUT2D eigenvalue weighted by atomic mass is 9.85. The molecule has 2 aromatic rings. The number of carbonyl (C=O) groups is 4. The van der Waals surface area contributed by atoms with Crippen LogP contribution in [0, 0.1) is 29.1 Å². The number of nitrogens with one attached hydrogen (secondary N) is 3. The van der Waals surface area contributed by atoms with Gasteiger partial charge in [-0.05, 0) is 80.8 Å². The molecule has 9 atom stereocenters. The van der Waals surface area contributed by atoms with Crippen LogP contribution in [0.4, 0.5) is 13.6 Å². The lowest BCUT2D eigenvalue weighted by Crippen LogP contribution is -2.61. The number of rotatable bonds is 7. The van der Waals surface area contributed by atoms with Crippen molar-refractivity contribution in [1.29, 1.82) is 0 Å². The van der Waals surface area contributed by atoms with Crippen molar-refractivity contribution in [3.63, 3.8) is 0 Å². The summed E-state index contributed by atoms with van der Waals surface area (Å²) in [4.78, 5) is 67.7. The van der Waals surface area contributed by atoms with Gasteiger partial charge in [0.2, 0.25) is 34.1 Å². The average molecular weight is 847 g/mol. The molecule has 0 unspecified atom stereocenters. The van der Waals surface area contributed by atoms with Gasteiger partial charge in [-0.2, -0.15) is 0 Å². The summed E-state index contributed by atoms with van der Waals surface area (Å²) < 4.78 is 74.1. The molecule has 3 saturated carbocycles. The van der Waals surface area contributed by atoms with E-state index in [1.54, 1.807) is 45.9 Å². The third-order valence-corrected chi connectivity index (χ3v) is 14.6. The van der Waals surface area contributed by atoms with E-state index >= 15 is 0 Å². The molecule has 7 rings (SSSR count). The van der Waals surface area contributed by atoms with Gasteiger partial charge in [-0.15, -0.1) is 0 Å². The van der Waals surface area contributed by atoms with E-state index in [1.807, 2.05) is 4.72 Å². The highest BCUT2D eigenvalue weighted by atomic mass is 32.2. The minimum absolute atomic E-state index is 0.143. The van der Waals surface area contributed by atoms with E-state index in [0.29, 0.717) is 54.1 Å². The molecule has 18 heteroatoms. The number of alkyl carbamates (subject to hydrolysis) is 1. The molecule has 0 spiro atoms. The number of amides is 4. The summed E-state index contributed by atoms with van der Waals surface area (Å²) in [6.07, 6.45) is 0.594. The van der Waals surface area contributed by atoms with Gasteiger partial charge in [0.1, 0.15) is 41.3 Å². The van der Waals surface area contributed by atoms with E-state index in [4.69, 9.17) is 24.2 Å². The molecule has 2 bridgehead atoms. The summed E-state index contributed by atoms with van der Waals surface area (Å²) in [6.45, 7) is 8.88. The molecule has 4 fully saturated rings. The van der Waals surface area contributed by atoms with Crippen molar-refractivity contribution in [1.82, 2.24) is 30.2 Å². The molecule has 15 nitrogen and oxygen atoms in total. The number of benzene rings is 1. The van der Waals surface area contributed by atoms with Crippen LogP contribution in [-0.4, -0.2) is 102 Å². The Morgan fingerprint density at radius 3 is 2.42 bits per heavy atom. The fraction of sp³-hybridized carbons (Fsp3) is 0.707. The van der Waals surface area contributed by atoms with Crippen molar-refractivity contribution >= 4 is 44.9 Å². The number of hydrogen-bond donors (Lipinski definition) is 3. The topological polar surface area (TPSA) is 195 Å². The van der Waals surface area contributed by atoms with Crippen LogP contribution in [0.25, 0.3) is 11.0 Å². The molecule has 3 N–H and O–H groups in total. The molecular weight excluding hydrogens is 791 g/mol. The monoisotopic (exact) mass is 846 g/mol. The number of alkyl halides is 2. The third-order valence-electron chi connectivity index (χ3n) is 12.8. The van der Waals surface area contributed by atoms with Crippen molar-refractivity contribution in [3.8, 4) is 11.6 Å². The highest BCUT2D eigenvalue weighted by molar-refractivity contribution is 7.91. The van der Waals surface area contributed by atoms with E-state index in [-0.39, 0.29) is 24.4 Å². The standard InChI is InChI=1S/C41H56F2N6O9S/c1-21-16-23-10-8-7-9-11-28-36(45-29-18-24(56-6)12-15-27(29)44-28)57-31-20-49(37(51)33(40(3,4)5)46-39(53)58-30(23)17-21)32(22(31)2)35(50)47-41(19-26(41)34(42)43)38(52)48-59(54,55)25-13-14-25/h12,15,18,21-23,25-26,30-34H,7-11,13-14,16-17,19-20H2,1-6H3,(H,46,53)(H,47,50)(H,48,52)/t21-,22-,23-,26+,30-,31+,32+,33-,41-/m1/s1. The van der Waals surface area contributed by atoms with Crippen LogP contribution in [0.5, 0.6) is 11.6 Å². The molecule has 0 radical (unpaired) electrons. The number of carbonyl (C=O) groups excluding carboxylic acids is 4. The molecule has 2 aliphatic heterocycles. The Kier molecular flexibility index (Phi) is 11.8. The van der Waals surface area contributed by atoms with Crippen LogP contribution in [0.3, 0.4) is 0 Å². The lowest BCUT2D eigenvalue weighted by Gasteiger charge is -2.36. The van der Waals surface area contributed by atoms with E-state index in [1.165, 1.54) is 12.0 Å². The Labute approximate surface area is 343 Å². The molecule has 324 valence electrons. The Morgan fingerprint density at radius 2 is 1.76 bits per heavy atom. The van der Waals surface area contributed by atoms with Gasteiger partial charge in [-0.25, -0.2) is 32.0 Å². The Bertz CT molecular complexity index is 2080. The van der Waals surface area contributed by atoms with Crippen LogP contribution in [0.1, 0.15) is 98.1 Å². The normalized spacial score (nSPS) is 31.8. The van der Waals surface area contributed by atoms with Crippen molar-refractivity contribution < 1.29 is 50.6 Å². The maximum Gasteiger partial charge on any atom is 0.408 e. The predicted molar refractivity (Wildman–Crippen MR) is 211 cm³/mol. The molecule has 1 aromatic heterocycles. The second-order valence-electron chi connectivity index (χ2n) is 18.4. The first-order valence-corrected chi connectivity index (χ1v) is 22.3. The van der Waals surface area contributed by atoms with Gasteiger partial charge < -0.3 is 29.7 Å². The predicted octanol–water partition coefficient (Wildman–Crippen LogP) is 4.65. The van der Waals surface area contributed by atoms with E-state index in [9.17, 15) is 36.4 Å². The van der Waals surface area contributed by atoms with Gasteiger partial charge >= 0.3 is 6.09 Å². The second kappa shape index (κ2) is 16.3. The Morgan fingerprint density at radius 1 is 1.02 bits per heavy atom. The van der Waals surface area contributed by atoms with E-state index in [0.717, 1.165) is 32.1 Å². The zero-order chi connectivity index (χ0) is 42.6. The SMILES string of the molecule is COc1ccc2nc3c(nc2c1)O[C@H]1CN(C(=O)[C@H](C(C)(C)C)NC(=O)O[C@@H]2C[C@H](C)C[C@H]2CCCCC3)[C@H](C(=O)N[C@]2(C(=O)NS(=O)(=O)C3CC3)C[C@H]2C(F)F)[C@@H]1C. The summed E-state index contributed by atoms with van der Waals surface area (Å²) in [5, 5.41) is 4.46. The number of sulfonamides is 1. The van der Waals surface area contributed by atoms with Gasteiger partial charge in [0.15, 0.2) is 0 Å². The zero-order valence-electron chi connectivity index (χ0n) is 34.5. The first-order chi connectivity index (χ1) is 27.8. The third kappa shape index (κ3) is 8.92. The van der Waals surface area contributed by atoms with E-state index < -0.39 is 92.9 Å². The highest BCUT2D eigenvalue weighted by Gasteiger charge is 2.67. The number of aromatic nitrogens is 2. The van der Waals surface area contributed by atoms with Crippen LogP contribution >= 0.6 is 0 Å². The Balaban J connectivity index is 1.26. The molecule has 1 saturated heterocycles. The number of hydrogen-bond acceptors (Lipinski definition) is 11. The van der Waals surface area contributed by atoms with Crippen molar-refractivity contribution in [2.24, 2.45) is 29.1 Å². The van der Waals surface area contributed by atoms with Gasteiger partial charge in [0, 0.05) is 12.0 Å². The maximum absolute atomic E-state index is 14.9. The summed E-state index contributed by atoms with van der Waals surface area (Å²) in [5.41, 5.74) is -1.44. The minimum Gasteiger partial charge on any atom is -0.497 e. The number of fused-ring (bicyclic) bond motifs is 5. The number of methoxy groups -OCH3 is 1. The van der Waals surface area contributed by atoms with Gasteiger partial charge in [0.25, 0.3) is 5.91 Å². The van der Waals surface area contributed by atoms with Crippen LogP contribution in [-0.2, 0) is 35.6 Å². The molecule has 59 heavy (non-hydrogen) atoms. The first-order valence-electron chi connectivity index (χ1n) is 20.8. The van der Waals surface area contributed by atoms with Crippen molar-refractivity contribution in [3.05, 3.63) is 23.9 Å². The van der Waals surface area contributed by atoms with Crippen LogP contribution in [0.2, 0.25) is 0 Å². The fourth-order valence-electron chi connectivity index (χ4n) is 9.11. The van der Waals surface area contributed by atoms with Crippen molar-refractivity contribution in [2.75, 3.05) is 13.7 Å². The summed E-state index contributed by atoms with van der Waals surface area (Å²) in [7, 11) is -2.61. The fourth-order valence-corrected chi connectivity index (χ4v) is 10.5. The second-order valence-corrected chi connectivity index (χ2v) is 20.3. The number of nitrogens with zero attached hydrogens (tertiary/aromatic N) is 3. The zero-order valence-corrected chi connectivity index (χ0v) is 35.3. The molecule has 1 aromatic carbocycles. The average Bonchev–Trinajstić information content (AvgIpc) is 4.08. The van der Waals surface area contributed by atoms with Gasteiger partial charge in [-0.1, -0.05) is 47.5 Å². The Hall–Kier alpha value is -4.35. The summed E-state index contributed by atoms with van der Waals surface area (Å²) >= 11 is 0. The van der Waals surface area contributed by atoms with Gasteiger partial charge in [0.05, 0.1) is 35.9 Å². The highest BCUT2D eigenvalue weighted by Crippen LogP contribution is 2.49. The van der Waals surface area contributed by atoms with Crippen LogP contribution in [0.15, 0.2) is 18.2 Å². The first kappa shape index (κ1) is 42.8. The quantitative estimate of drug-likeness (QED) is 0.351. The van der Waals surface area contributed by atoms with Gasteiger partial charge in [-0.3, -0.25) is 19.1 Å². The summed E-state index contributed by atoms with van der Waals surface area (Å²) in [6, 6.07) is 2.70.